The minimum atomic E-state index is -0.299. The summed E-state index contributed by atoms with van der Waals surface area (Å²) in [4.78, 5) is 19.4. The second-order valence-electron chi connectivity index (χ2n) is 4.73. The van der Waals surface area contributed by atoms with E-state index in [-0.39, 0.29) is 12.6 Å². The van der Waals surface area contributed by atoms with E-state index in [9.17, 15) is 4.79 Å². The SMILES string of the molecule is CCCCOC(=O)c1ccc2nc(CCCO)[nH]c2c1. The number of aliphatic hydroxyl groups excluding tert-OH is 1. The average Bonchev–Trinajstić information content (AvgIpc) is 2.87. The van der Waals surface area contributed by atoms with E-state index >= 15 is 0 Å². The summed E-state index contributed by atoms with van der Waals surface area (Å²) in [6.45, 7) is 2.66. The summed E-state index contributed by atoms with van der Waals surface area (Å²) in [5, 5.41) is 8.82. The van der Waals surface area contributed by atoms with Gasteiger partial charge >= 0.3 is 5.97 Å². The van der Waals surface area contributed by atoms with Crippen molar-refractivity contribution in [1.29, 1.82) is 0 Å². The Balaban J connectivity index is 2.09. The maximum atomic E-state index is 11.9. The molecule has 1 aromatic heterocycles. The van der Waals surface area contributed by atoms with Crippen LogP contribution in [0.5, 0.6) is 0 Å². The van der Waals surface area contributed by atoms with Crippen molar-refractivity contribution in [2.24, 2.45) is 0 Å². The fourth-order valence-corrected chi connectivity index (χ4v) is 1.95. The molecule has 108 valence electrons. The van der Waals surface area contributed by atoms with Crippen molar-refractivity contribution in [2.45, 2.75) is 32.6 Å². The number of hydrogen-bond acceptors (Lipinski definition) is 4. The lowest BCUT2D eigenvalue weighted by Gasteiger charge is -2.03. The summed E-state index contributed by atoms with van der Waals surface area (Å²) in [6, 6.07) is 5.30. The number of aliphatic hydroxyl groups is 1. The van der Waals surface area contributed by atoms with Gasteiger partial charge in [0, 0.05) is 13.0 Å². The Morgan fingerprint density at radius 3 is 3.00 bits per heavy atom. The Bertz CT molecular complexity index is 578. The third kappa shape index (κ3) is 3.57. The highest BCUT2D eigenvalue weighted by Gasteiger charge is 2.10. The minimum Gasteiger partial charge on any atom is -0.462 e. The van der Waals surface area contributed by atoms with Crippen LogP contribution in [0.15, 0.2) is 18.2 Å². The first kappa shape index (κ1) is 14.5. The summed E-state index contributed by atoms with van der Waals surface area (Å²) in [7, 11) is 0. The topological polar surface area (TPSA) is 75.2 Å². The molecule has 0 bridgehead atoms. The van der Waals surface area contributed by atoms with Crippen LogP contribution in [0.3, 0.4) is 0 Å². The summed E-state index contributed by atoms with van der Waals surface area (Å²) in [5.74, 6) is 0.525. The number of nitrogens with one attached hydrogen (secondary N) is 1. The van der Waals surface area contributed by atoms with Crippen LogP contribution in [0.1, 0.15) is 42.4 Å². The van der Waals surface area contributed by atoms with Gasteiger partial charge in [0.05, 0.1) is 23.2 Å². The van der Waals surface area contributed by atoms with Gasteiger partial charge in [0.2, 0.25) is 0 Å². The summed E-state index contributed by atoms with van der Waals surface area (Å²) in [6.07, 6.45) is 3.25. The molecule has 0 unspecified atom stereocenters. The fourth-order valence-electron chi connectivity index (χ4n) is 1.95. The summed E-state index contributed by atoms with van der Waals surface area (Å²) < 4.78 is 5.18. The Kier molecular flexibility index (Phi) is 5.12. The molecule has 0 amide bonds. The van der Waals surface area contributed by atoms with Crippen LogP contribution < -0.4 is 0 Å². The van der Waals surface area contributed by atoms with Crippen molar-refractivity contribution in [3.8, 4) is 0 Å². The van der Waals surface area contributed by atoms with Crippen molar-refractivity contribution in [2.75, 3.05) is 13.2 Å². The summed E-state index contributed by atoms with van der Waals surface area (Å²) in [5.41, 5.74) is 2.18. The molecule has 0 radical (unpaired) electrons. The van der Waals surface area contributed by atoms with E-state index in [2.05, 4.69) is 16.9 Å². The second kappa shape index (κ2) is 7.05. The molecule has 0 spiro atoms. The highest BCUT2D eigenvalue weighted by Crippen LogP contribution is 2.15. The van der Waals surface area contributed by atoms with E-state index in [0.717, 1.165) is 29.7 Å². The molecule has 2 rings (SSSR count). The van der Waals surface area contributed by atoms with E-state index in [0.29, 0.717) is 25.0 Å². The zero-order valence-electron chi connectivity index (χ0n) is 11.7. The standard InChI is InChI=1S/C15H20N2O3/c1-2-3-9-20-15(19)11-6-7-12-13(10-11)17-14(16-12)5-4-8-18/h6-7,10,18H,2-5,8-9H2,1H3,(H,16,17). The number of ether oxygens (including phenoxy) is 1. The maximum absolute atomic E-state index is 11.9. The molecule has 0 aliphatic carbocycles. The van der Waals surface area contributed by atoms with Gasteiger partial charge in [-0.15, -0.1) is 0 Å². The third-order valence-corrected chi connectivity index (χ3v) is 3.07. The lowest BCUT2D eigenvalue weighted by atomic mass is 10.2. The number of hydrogen-bond donors (Lipinski definition) is 2. The highest BCUT2D eigenvalue weighted by atomic mass is 16.5. The highest BCUT2D eigenvalue weighted by molar-refractivity contribution is 5.93. The molecule has 2 N–H and O–H groups in total. The number of imidazole rings is 1. The van der Waals surface area contributed by atoms with E-state index in [1.807, 2.05) is 6.07 Å². The normalized spacial score (nSPS) is 10.9. The predicted molar refractivity (Wildman–Crippen MR) is 76.7 cm³/mol. The number of aromatic nitrogens is 2. The molecule has 0 saturated carbocycles. The number of carbonyl (C=O) groups excluding carboxylic acids is 1. The Labute approximate surface area is 118 Å². The molecule has 5 nitrogen and oxygen atoms in total. The van der Waals surface area contributed by atoms with Crippen LogP contribution in [0.2, 0.25) is 0 Å². The zero-order chi connectivity index (χ0) is 14.4. The van der Waals surface area contributed by atoms with Gasteiger partial charge in [-0.2, -0.15) is 0 Å². The van der Waals surface area contributed by atoms with Gasteiger partial charge in [0.15, 0.2) is 0 Å². The Morgan fingerprint density at radius 2 is 2.25 bits per heavy atom. The van der Waals surface area contributed by atoms with Crippen LogP contribution >= 0.6 is 0 Å². The van der Waals surface area contributed by atoms with E-state index in [1.54, 1.807) is 12.1 Å². The molecular formula is C15H20N2O3. The number of benzene rings is 1. The number of H-pyrrole nitrogens is 1. The molecular weight excluding hydrogens is 256 g/mol. The van der Waals surface area contributed by atoms with Gasteiger partial charge in [-0.05, 0) is 31.0 Å². The lowest BCUT2D eigenvalue weighted by Crippen LogP contribution is -2.06. The number of carbonyl (C=O) groups is 1. The lowest BCUT2D eigenvalue weighted by molar-refractivity contribution is 0.0500. The molecule has 0 aliphatic heterocycles. The zero-order valence-corrected chi connectivity index (χ0v) is 11.7. The smallest absolute Gasteiger partial charge is 0.338 e. The number of aromatic amines is 1. The van der Waals surface area contributed by atoms with Crippen LogP contribution in [-0.2, 0) is 11.2 Å². The first-order valence-electron chi connectivity index (χ1n) is 7.01. The van der Waals surface area contributed by atoms with E-state index in [1.165, 1.54) is 0 Å². The van der Waals surface area contributed by atoms with Crippen molar-refractivity contribution in [3.05, 3.63) is 29.6 Å². The van der Waals surface area contributed by atoms with Crippen molar-refractivity contribution >= 4 is 17.0 Å². The number of unbranched alkanes of at least 4 members (excludes halogenated alkanes) is 1. The number of rotatable bonds is 7. The van der Waals surface area contributed by atoms with Gasteiger partial charge in [-0.25, -0.2) is 9.78 Å². The fraction of sp³-hybridized carbons (Fsp3) is 0.467. The third-order valence-electron chi connectivity index (χ3n) is 3.07. The minimum absolute atomic E-state index is 0.145. The molecule has 0 aliphatic rings. The largest absolute Gasteiger partial charge is 0.462 e. The van der Waals surface area contributed by atoms with E-state index < -0.39 is 0 Å². The molecule has 0 fully saturated rings. The van der Waals surface area contributed by atoms with E-state index in [4.69, 9.17) is 9.84 Å². The first-order chi connectivity index (χ1) is 9.74. The average molecular weight is 276 g/mol. The predicted octanol–water partition coefficient (Wildman–Crippen LogP) is 2.44. The molecule has 1 heterocycles. The van der Waals surface area contributed by atoms with Gasteiger partial charge in [-0.1, -0.05) is 13.3 Å². The number of aryl methyl sites for hydroxylation is 1. The van der Waals surface area contributed by atoms with Crippen LogP contribution in [0, 0.1) is 0 Å². The van der Waals surface area contributed by atoms with Crippen LogP contribution in [-0.4, -0.2) is 34.3 Å². The van der Waals surface area contributed by atoms with Crippen molar-refractivity contribution < 1.29 is 14.6 Å². The van der Waals surface area contributed by atoms with Gasteiger partial charge < -0.3 is 14.8 Å². The van der Waals surface area contributed by atoms with Gasteiger partial charge in [0.1, 0.15) is 5.82 Å². The second-order valence-corrected chi connectivity index (χ2v) is 4.73. The van der Waals surface area contributed by atoms with Crippen molar-refractivity contribution in [3.63, 3.8) is 0 Å². The molecule has 5 heteroatoms. The Hall–Kier alpha value is -1.88. The number of nitrogens with zero attached hydrogens (tertiary/aromatic N) is 1. The summed E-state index contributed by atoms with van der Waals surface area (Å²) >= 11 is 0. The number of esters is 1. The quantitative estimate of drug-likeness (QED) is 0.601. The maximum Gasteiger partial charge on any atom is 0.338 e. The number of fused-ring (bicyclic) bond motifs is 1. The van der Waals surface area contributed by atoms with Gasteiger partial charge in [-0.3, -0.25) is 0 Å². The van der Waals surface area contributed by atoms with Gasteiger partial charge in [0.25, 0.3) is 0 Å². The first-order valence-corrected chi connectivity index (χ1v) is 7.01. The van der Waals surface area contributed by atoms with Crippen LogP contribution in [0.4, 0.5) is 0 Å². The molecule has 20 heavy (non-hydrogen) atoms. The molecule has 1 aromatic carbocycles. The molecule has 0 saturated heterocycles. The monoisotopic (exact) mass is 276 g/mol. The Morgan fingerprint density at radius 1 is 1.40 bits per heavy atom. The molecule has 0 atom stereocenters. The van der Waals surface area contributed by atoms with Crippen molar-refractivity contribution in [1.82, 2.24) is 9.97 Å². The molecule has 2 aromatic rings. The van der Waals surface area contributed by atoms with Crippen LogP contribution in [0.25, 0.3) is 11.0 Å².